The maximum Gasteiger partial charge on any atom is 0.318 e. The van der Waals surface area contributed by atoms with Gasteiger partial charge in [-0.15, -0.1) is 0 Å². The zero-order valence-electron chi connectivity index (χ0n) is 7.01. The van der Waals surface area contributed by atoms with Gasteiger partial charge in [-0.3, -0.25) is 9.59 Å². The zero-order chi connectivity index (χ0) is 8.85. The molecule has 0 N–H and O–H groups in total. The predicted molar refractivity (Wildman–Crippen MR) is 40.8 cm³/mol. The number of hydrogen-bond acceptors (Lipinski definition) is 3. The Morgan fingerprint density at radius 2 is 1.91 bits per heavy atom. The summed E-state index contributed by atoms with van der Waals surface area (Å²) in [5.74, 6) is -0.150. The van der Waals surface area contributed by atoms with E-state index in [0.717, 1.165) is 0 Å². The van der Waals surface area contributed by atoms with Crippen molar-refractivity contribution in [2.45, 2.75) is 27.2 Å². The summed E-state index contributed by atoms with van der Waals surface area (Å²) in [6, 6.07) is 0. The molecule has 0 aromatic heterocycles. The van der Waals surface area contributed by atoms with E-state index in [-0.39, 0.29) is 12.2 Å². The van der Waals surface area contributed by atoms with Crippen LogP contribution < -0.4 is 0 Å². The fourth-order valence-electron chi connectivity index (χ4n) is 0.478. The van der Waals surface area contributed by atoms with Crippen LogP contribution in [0.1, 0.15) is 27.2 Å². The van der Waals surface area contributed by atoms with E-state index in [0.29, 0.717) is 5.76 Å². The number of ketones is 1. The summed E-state index contributed by atoms with van der Waals surface area (Å²) in [7, 11) is 0. The van der Waals surface area contributed by atoms with Crippen LogP contribution in [-0.4, -0.2) is 11.8 Å². The predicted octanol–water partition coefficient (Wildman–Crippen LogP) is 1.43. The van der Waals surface area contributed by atoms with E-state index in [1.54, 1.807) is 19.9 Å². The standard InChI is InChI=1S/C8H12O3/c1-4-7(3)11-8(10)5-6(2)9/h4H,5H2,1-3H3/b7-4+. The topological polar surface area (TPSA) is 43.4 Å². The first-order chi connectivity index (χ1) is 5.06. The molecule has 0 saturated carbocycles. The Labute approximate surface area is 66.0 Å². The van der Waals surface area contributed by atoms with Gasteiger partial charge in [0.1, 0.15) is 18.0 Å². The molecule has 0 aliphatic heterocycles. The normalized spacial score (nSPS) is 11.0. The number of ether oxygens (including phenoxy) is 1. The van der Waals surface area contributed by atoms with E-state index < -0.39 is 5.97 Å². The first-order valence-corrected chi connectivity index (χ1v) is 3.39. The number of rotatable bonds is 3. The monoisotopic (exact) mass is 156 g/mol. The van der Waals surface area contributed by atoms with Crippen molar-refractivity contribution in [2.24, 2.45) is 0 Å². The van der Waals surface area contributed by atoms with Crippen LogP contribution >= 0.6 is 0 Å². The first kappa shape index (κ1) is 9.88. The van der Waals surface area contributed by atoms with Crippen molar-refractivity contribution < 1.29 is 14.3 Å². The van der Waals surface area contributed by atoms with Crippen molar-refractivity contribution in [1.29, 1.82) is 0 Å². The zero-order valence-corrected chi connectivity index (χ0v) is 7.01. The second-order valence-electron chi connectivity index (χ2n) is 2.25. The fraction of sp³-hybridized carbons (Fsp3) is 0.500. The molecular weight excluding hydrogens is 144 g/mol. The van der Waals surface area contributed by atoms with E-state index in [1.807, 2.05) is 0 Å². The molecule has 0 spiro atoms. The van der Waals surface area contributed by atoms with Gasteiger partial charge in [0, 0.05) is 0 Å². The van der Waals surface area contributed by atoms with E-state index in [4.69, 9.17) is 4.74 Å². The molecule has 0 radical (unpaired) electrons. The van der Waals surface area contributed by atoms with Gasteiger partial charge in [-0.1, -0.05) is 0 Å². The first-order valence-electron chi connectivity index (χ1n) is 3.39. The summed E-state index contributed by atoms with van der Waals surface area (Å²) in [5, 5.41) is 0. The third kappa shape index (κ3) is 5.33. The van der Waals surface area contributed by atoms with E-state index in [9.17, 15) is 9.59 Å². The Bertz CT molecular complexity index is 192. The molecule has 0 unspecified atom stereocenters. The molecule has 0 amide bonds. The summed E-state index contributed by atoms with van der Waals surface area (Å²) in [5.41, 5.74) is 0. The minimum atomic E-state index is -0.492. The molecule has 0 aromatic carbocycles. The largest absolute Gasteiger partial charge is 0.431 e. The molecular formula is C8H12O3. The highest BCUT2D eigenvalue weighted by atomic mass is 16.5. The Kier molecular flexibility index (Phi) is 4.18. The minimum absolute atomic E-state index is 0.148. The van der Waals surface area contributed by atoms with Gasteiger partial charge in [0.25, 0.3) is 0 Å². The van der Waals surface area contributed by atoms with Crippen molar-refractivity contribution in [3.05, 3.63) is 11.8 Å². The van der Waals surface area contributed by atoms with E-state index >= 15 is 0 Å². The van der Waals surface area contributed by atoms with Gasteiger partial charge in [0.2, 0.25) is 0 Å². The molecule has 11 heavy (non-hydrogen) atoms. The second kappa shape index (κ2) is 4.66. The molecule has 0 aliphatic rings. The molecule has 0 aromatic rings. The Balaban J connectivity index is 3.79. The highest BCUT2D eigenvalue weighted by Gasteiger charge is 2.05. The minimum Gasteiger partial charge on any atom is -0.431 e. The van der Waals surface area contributed by atoms with Crippen LogP contribution in [0.3, 0.4) is 0 Å². The number of esters is 1. The van der Waals surface area contributed by atoms with Crippen LogP contribution in [0.5, 0.6) is 0 Å². The quantitative estimate of drug-likeness (QED) is 0.352. The van der Waals surface area contributed by atoms with Crippen molar-refractivity contribution in [1.82, 2.24) is 0 Å². The number of allylic oxidation sites excluding steroid dienone is 2. The molecule has 0 atom stereocenters. The lowest BCUT2D eigenvalue weighted by atomic mass is 10.3. The van der Waals surface area contributed by atoms with Gasteiger partial charge in [-0.05, 0) is 26.8 Å². The van der Waals surface area contributed by atoms with Crippen LogP contribution in [-0.2, 0) is 14.3 Å². The maximum absolute atomic E-state index is 10.7. The summed E-state index contributed by atoms with van der Waals surface area (Å²) < 4.78 is 4.71. The van der Waals surface area contributed by atoms with E-state index in [1.165, 1.54) is 6.92 Å². The molecule has 0 bridgehead atoms. The lowest BCUT2D eigenvalue weighted by molar-refractivity contribution is -0.141. The third-order valence-corrected chi connectivity index (χ3v) is 1.07. The Morgan fingerprint density at radius 3 is 2.27 bits per heavy atom. The lowest BCUT2D eigenvalue weighted by Crippen LogP contribution is -2.07. The van der Waals surface area contributed by atoms with Crippen molar-refractivity contribution >= 4 is 11.8 Å². The molecule has 62 valence electrons. The second-order valence-corrected chi connectivity index (χ2v) is 2.25. The van der Waals surface area contributed by atoms with Gasteiger partial charge < -0.3 is 4.74 Å². The van der Waals surface area contributed by atoms with Crippen LogP contribution in [0, 0.1) is 0 Å². The van der Waals surface area contributed by atoms with Gasteiger partial charge in [-0.2, -0.15) is 0 Å². The van der Waals surface area contributed by atoms with Gasteiger partial charge in [0.05, 0.1) is 0 Å². The van der Waals surface area contributed by atoms with Crippen molar-refractivity contribution in [3.8, 4) is 0 Å². The molecule has 3 nitrogen and oxygen atoms in total. The number of carbonyl (C=O) groups excluding carboxylic acids is 2. The molecule has 0 heterocycles. The maximum atomic E-state index is 10.7. The van der Waals surface area contributed by atoms with Crippen molar-refractivity contribution in [3.63, 3.8) is 0 Å². The van der Waals surface area contributed by atoms with Crippen LogP contribution in [0.4, 0.5) is 0 Å². The average Bonchev–Trinajstić information content (AvgIpc) is 1.85. The summed E-state index contributed by atoms with van der Waals surface area (Å²) in [6.45, 7) is 4.78. The lowest BCUT2D eigenvalue weighted by Gasteiger charge is -2.00. The smallest absolute Gasteiger partial charge is 0.318 e. The summed E-state index contributed by atoms with van der Waals surface area (Å²) in [4.78, 5) is 21.1. The van der Waals surface area contributed by atoms with Gasteiger partial charge in [-0.25, -0.2) is 0 Å². The Hall–Kier alpha value is -1.12. The van der Waals surface area contributed by atoms with E-state index in [2.05, 4.69) is 0 Å². The number of carbonyl (C=O) groups is 2. The van der Waals surface area contributed by atoms with Gasteiger partial charge in [0.15, 0.2) is 0 Å². The van der Waals surface area contributed by atoms with Crippen molar-refractivity contribution in [2.75, 3.05) is 0 Å². The molecule has 3 heteroatoms. The third-order valence-electron chi connectivity index (χ3n) is 1.07. The van der Waals surface area contributed by atoms with Crippen LogP contribution in [0.2, 0.25) is 0 Å². The van der Waals surface area contributed by atoms with Crippen LogP contribution in [0.15, 0.2) is 11.8 Å². The van der Waals surface area contributed by atoms with Crippen LogP contribution in [0.25, 0.3) is 0 Å². The molecule has 0 rings (SSSR count). The Morgan fingerprint density at radius 1 is 1.36 bits per heavy atom. The number of Topliss-reactive ketones (excluding diaryl/α,β-unsaturated/α-hetero) is 1. The number of hydrogen-bond donors (Lipinski definition) is 0. The SMILES string of the molecule is C/C=C(\C)OC(=O)CC(C)=O. The average molecular weight is 156 g/mol. The fourth-order valence-corrected chi connectivity index (χ4v) is 0.478. The molecule has 0 fully saturated rings. The van der Waals surface area contributed by atoms with Gasteiger partial charge >= 0.3 is 5.97 Å². The summed E-state index contributed by atoms with van der Waals surface area (Å²) >= 11 is 0. The summed E-state index contributed by atoms with van der Waals surface area (Å²) in [6.07, 6.45) is 1.52. The highest BCUT2D eigenvalue weighted by molar-refractivity contribution is 5.94. The molecule has 0 aliphatic carbocycles. The molecule has 0 saturated heterocycles. The highest BCUT2D eigenvalue weighted by Crippen LogP contribution is 1.97.